The molecular weight excluding hydrogens is 259 g/mol. The maximum Gasteiger partial charge on any atom is 0.168 e. The summed E-state index contributed by atoms with van der Waals surface area (Å²) in [4.78, 5) is 11.9. The Morgan fingerprint density at radius 1 is 1.18 bits per heavy atom. The Morgan fingerprint density at radius 3 is 2.71 bits per heavy atom. The summed E-state index contributed by atoms with van der Waals surface area (Å²) in [7, 11) is 0. The standard InChI is InChI=1S/C12H8Cl2N2O/c13-10-1-2-11(14)9(5-10)6-12(17)8-3-4-15-16-7-8/h1-5,7H,6H2. The molecule has 2 rings (SSSR count). The molecule has 3 nitrogen and oxygen atoms in total. The van der Waals surface area contributed by atoms with Crippen molar-refractivity contribution in [3.63, 3.8) is 0 Å². The maximum absolute atomic E-state index is 11.9. The lowest BCUT2D eigenvalue weighted by molar-refractivity contribution is 0.0992. The summed E-state index contributed by atoms with van der Waals surface area (Å²) < 4.78 is 0. The summed E-state index contributed by atoms with van der Waals surface area (Å²) in [5.41, 5.74) is 1.22. The van der Waals surface area contributed by atoms with Gasteiger partial charge in [0.05, 0.1) is 12.4 Å². The quantitative estimate of drug-likeness (QED) is 0.802. The molecule has 0 aliphatic carbocycles. The third kappa shape index (κ3) is 3.02. The molecule has 0 spiro atoms. The number of hydrogen-bond acceptors (Lipinski definition) is 3. The number of aromatic nitrogens is 2. The van der Waals surface area contributed by atoms with Crippen molar-refractivity contribution in [3.8, 4) is 0 Å². The van der Waals surface area contributed by atoms with E-state index in [0.29, 0.717) is 21.2 Å². The van der Waals surface area contributed by atoms with E-state index in [2.05, 4.69) is 10.2 Å². The van der Waals surface area contributed by atoms with E-state index >= 15 is 0 Å². The van der Waals surface area contributed by atoms with E-state index in [4.69, 9.17) is 23.2 Å². The van der Waals surface area contributed by atoms with Crippen molar-refractivity contribution in [3.05, 3.63) is 57.8 Å². The SMILES string of the molecule is O=C(Cc1cc(Cl)ccc1Cl)c1ccnnc1. The first kappa shape index (κ1) is 12.0. The van der Waals surface area contributed by atoms with Crippen molar-refractivity contribution >= 4 is 29.0 Å². The third-order valence-corrected chi connectivity index (χ3v) is 2.87. The number of carbonyl (C=O) groups is 1. The number of Topliss-reactive ketones (excluding diaryl/α,β-unsaturated/α-hetero) is 1. The molecule has 0 fully saturated rings. The molecule has 1 aromatic carbocycles. The van der Waals surface area contributed by atoms with Gasteiger partial charge in [-0.1, -0.05) is 23.2 Å². The number of benzene rings is 1. The zero-order valence-corrected chi connectivity index (χ0v) is 10.2. The van der Waals surface area contributed by atoms with Gasteiger partial charge in [-0.05, 0) is 29.8 Å². The first-order valence-electron chi connectivity index (χ1n) is 4.90. The van der Waals surface area contributed by atoms with Gasteiger partial charge in [0.2, 0.25) is 0 Å². The Kier molecular flexibility index (Phi) is 3.71. The van der Waals surface area contributed by atoms with Crippen molar-refractivity contribution in [2.45, 2.75) is 6.42 Å². The van der Waals surface area contributed by atoms with Gasteiger partial charge >= 0.3 is 0 Å². The van der Waals surface area contributed by atoms with E-state index in [1.54, 1.807) is 24.3 Å². The van der Waals surface area contributed by atoms with Crippen LogP contribution in [0.5, 0.6) is 0 Å². The third-order valence-electron chi connectivity index (χ3n) is 2.26. The molecule has 0 unspecified atom stereocenters. The van der Waals surface area contributed by atoms with E-state index in [1.807, 2.05) is 0 Å². The van der Waals surface area contributed by atoms with Crippen LogP contribution in [0.1, 0.15) is 15.9 Å². The fraction of sp³-hybridized carbons (Fsp3) is 0.0833. The number of rotatable bonds is 3. The molecule has 5 heteroatoms. The van der Waals surface area contributed by atoms with Gasteiger partial charge in [-0.25, -0.2) is 0 Å². The Bertz CT molecular complexity index is 543. The number of ketones is 1. The highest BCUT2D eigenvalue weighted by atomic mass is 35.5. The molecule has 1 heterocycles. The number of hydrogen-bond donors (Lipinski definition) is 0. The fourth-order valence-corrected chi connectivity index (χ4v) is 1.79. The molecule has 0 aliphatic rings. The molecule has 0 amide bonds. The van der Waals surface area contributed by atoms with Gasteiger partial charge in [0.25, 0.3) is 0 Å². The minimum absolute atomic E-state index is 0.0657. The van der Waals surface area contributed by atoms with Gasteiger partial charge in [-0.15, -0.1) is 0 Å². The summed E-state index contributed by atoms with van der Waals surface area (Å²) in [5.74, 6) is -0.0657. The van der Waals surface area contributed by atoms with Crippen LogP contribution >= 0.6 is 23.2 Å². The van der Waals surface area contributed by atoms with Crippen LogP contribution in [0.2, 0.25) is 10.0 Å². The van der Waals surface area contributed by atoms with Gasteiger partial charge in [0, 0.05) is 22.0 Å². The van der Waals surface area contributed by atoms with Gasteiger partial charge in [-0.3, -0.25) is 4.79 Å². The minimum atomic E-state index is -0.0657. The summed E-state index contributed by atoms with van der Waals surface area (Å²) in [6, 6.07) is 6.67. The second-order valence-corrected chi connectivity index (χ2v) is 4.31. The molecule has 0 bridgehead atoms. The van der Waals surface area contributed by atoms with Crippen LogP contribution < -0.4 is 0 Å². The summed E-state index contributed by atoms with van der Waals surface area (Å²) in [6.45, 7) is 0. The van der Waals surface area contributed by atoms with E-state index in [0.717, 1.165) is 0 Å². The molecule has 0 radical (unpaired) electrons. The zero-order chi connectivity index (χ0) is 12.3. The Labute approximate surface area is 108 Å². The molecule has 0 atom stereocenters. The smallest absolute Gasteiger partial charge is 0.168 e. The van der Waals surface area contributed by atoms with Gasteiger partial charge in [0.1, 0.15) is 0 Å². The van der Waals surface area contributed by atoms with Crippen LogP contribution in [0.4, 0.5) is 0 Å². The highest BCUT2D eigenvalue weighted by molar-refractivity contribution is 6.33. The summed E-state index contributed by atoms with van der Waals surface area (Å²) in [6.07, 6.45) is 3.11. The highest BCUT2D eigenvalue weighted by Crippen LogP contribution is 2.22. The topological polar surface area (TPSA) is 42.9 Å². The van der Waals surface area contributed by atoms with Gasteiger partial charge in [-0.2, -0.15) is 10.2 Å². The Hall–Kier alpha value is -1.45. The van der Waals surface area contributed by atoms with E-state index < -0.39 is 0 Å². The molecule has 2 aromatic rings. The van der Waals surface area contributed by atoms with Crippen molar-refractivity contribution in [2.75, 3.05) is 0 Å². The lowest BCUT2D eigenvalue weighted by Crippen LogP contribution is -2.04. The molecule has 17 heavy (non-hydrogen) atoms. The first-order valence-corrected chi connectivity index (χ1v) is 5.66. The van der Waals surface area contributed by atoms with Crippen LogP contribution in [0.3, 0.4) is 0 Å². The van der Waals surface area contributed by atoms with Crippen molar-refractivity contribution < 1.29 is 4.79 Å². The monoisotopic (exact) mass is 266 g/mol. The van der Waals surface area contributed by atoms with Gasteiger partial charge < -0.3 is 0 Å². The number of carbonyl (C=O) groups excluding carboxylic acids is 1. The molecule has 0 saturated carbocycles. The van der Waals surface area contributed by atoms with Crippen LogP contribution in [-0.2, 0) is 6.42 Å². The second kappa shape index (κ2) is 5.25. The average Bonchev–Trinajstić information content (AvgIpc) is 2.35. The minimum Gasteiger partial charge on any atom is -0.294 e. The van der Waals surface area contributed by atoms with Crippen LogP contribution in [0.25, 0.3) is 0 Å². The van der Waals surface area contributed by atoms with Crippen molar-refractivity contribution in [1.29, 1.82) is 0 Å². The largest absolute Gasteiger partial charge is 0.294 e. The average molecular weight is 267 g/mol. The van der Waals surface area contributed by atoms with E-state index in [9.17, 15) is 4.79 Å². The molecule has 0 saturated heterocycles. The molecule has 1 aromatic heterocycles. The van der Waals surface area contributed by atoms with Crippen molar-refractivity contribution in [1.82, 2.24) is 10.2 Å². The number of halogens is 2. The summed E-state index contributed by atoms with van der Waals surface area (Å²) in [5, 5.41) is 8.37. The van der Waals surface area contributed by atoms with Crippen LogP contribution in [0.15, 0.2) is 36.7 Å². The van der Waals surface area contributed by atoms with Crippen LogP contribution in [0, 0.1) is 0 Å². The Morgan fingerprint density at radius 2 is 2.00 bits per heavy atom. The zero-order valence-electron chi connectivity index (χ0n) is 8.73. The van der Waals surface area contributed by atoms with Crippen molar-refractivity contribution in [2.24, 2.45) is 0 Å². The molecule has 86 valence electrons. The highest BCUT2D eigenvalue weighted by Gasteiger charge is 2.10. The van der Waals surface area contributed by atoms with Crippen LogP contribution in [-0.4, -0.2) is 16.0 Å². The predicted molar refractivity (Wildman–Crippen MR) is 66.5 cm³/mol. The first-order chi connectivity index (χ1) is 8.16. The molecular formula is C12H8Cl2N2O. The normalized spacial score (nSPS) is 10.2. The van der Waals surface area contributed by atoms with E-state index in [-0.39, 0.29) is 12.2 Å². The maximum atomic E-state index is 11.9. The summed E-state index contributed by atoms with van der Waals surface area (Å²) >= 11 is 11.8. The number of nitrogens with zero attached hydrogens (tertiary/aromatic N) is 2. The fourth-order valence-electron chi connectivity index (χ4n) is 1.41. The second-order valence-electron chi connectivity index (χ2n) is 3.47. The predicted octanol–water partition coefficient (Wildman–Crippen LogP) is 3.21. The lowest BCUT2D eigenvalue weighted by Gasteiger charge is -2.04. The Balaban J connectivity index is 2.22. The molecule has 0 N–H and O–H groups in total. The lowest BCUT2D eigenvalue weighted by atomic mass is 10.0. The van der Waals surface area contributed by atoms with E-state index in [1.165, 1.54) is 12.4 Å². The van der Waals surface area contributed by atoms with Gasteiger partial charge in [0.15, 0.2) is 5.78 Å². The molecule has 0 aliphatic heterocycles.